The van der Waals surface area contributed by atoms with Crippen molar-refractivity contribution in [3.63, 3.8) is 0 Å². The SMILES string of the molecule is NC(=O)Cn1ccc2c(OC3CCN(Cc4nc5c(s4)CCC5)CC3)cccc21. The van der Waals surface area contributed by atoms with Gasteiger partial charge >= 0.3 is 0 Å². The van der Waals surface area contributed by atoms with E-state index in [9.17, 15) is 4.79 Å². The van der Waals surface area contributed by atoms with Crippen molar-refractivity contribution in [1.82, 2.24) is 14.5 Å². The molecule has 0 saturated carbocycles. The quantitative estimate of drug-likeness (QED) is 0.678. The molecule has 6 nitrogen and oxygen atoms in total. The Bertz CT molecular complexity index is 1010. The number of carbonyl (C=O) groups excluding carboxylic acids is 1. The van der Waals surface area contributed by atoms with Gasteiger partial charge in [-0.15, -0.1) is 11.3 Å². The van der Waals surface area contributed by atoms with E-state index in [0.717, 1.165) is 55.5 Å². The van der Waals surface area contributed by atoms with Gasteiger partial charge in [0.2, 0.25) is 5.91 Å². The molecule has 0 atom stereocenters. The molecule has 1 aromatic carbocycles. The third kappa shape index (κ3) is 3.89. The average molecular weight is 411 g/mol. The van der Waals surface area contributed by atoms with Crippen molar-refractivity contribution < 1.29 is 9.53 Å². The fourth-order valence-electron chi connectivity index (χ4n) is 4.47. The van der Waals surface area contributed by atoms with Crippen LogP contribution in [0.4, 0.5) is 0 Å². The van der Waals surface area contributed by atoms with Crippen molar-refractivity contribution >= 4 is 28.1 Å². The molecule has 0 radical (unpaired) electrons. The molecule has 1 aliphatic heterocycles. The second-order valence-corrected chi connectivity index (χ2v) is 9.19. The highest BCUT2D eigenvalue weighted by Crippen LogP contribution is 2.31. The Morgan fingerprint density at radius 1 is 1.24 bits per heavy atom. The number of aromatic nitrogens is 2. The number of thiazole rings is 1. The Labute approximate surface area is 174 Å². The number of nitrogens with two attached hydrogens (primary N) is 1. The number of fused-ring (bicyclic) bond motifs is 2. The molecule has 2 aliphatic rings. The summed E-state index contributed by atoms with van der Waals surface area (Å²) in [6.45, 7) is 3.22. The van der Waals surface area contributed by atoms with Gasteiger partial charge in [0.25, 0.3) is 0 Å². The van der Waals surface area contributed by atoms with Gasteiger partial charge in [0.05, 0.1) is 17.8 Å². The van der Waals surface area contributed by atoms with E-state index in [4.69, 9.17) is 15.5 Å². The molecule has 3 aromatic rings. The van der Waals surface area contributed by atoms with Crippen molar-refractivity contribution in [3.05, 3.63) is 46.0 Å². The van der Waals surface area contributed by atoms with Crippen LogP contribution in [0.5, 0.6) is 5.75 Å². The molecule has 5 rings (SSSR count). The number of carbonyl (C=O) groups is 1. The number of nitrogens with zero attached hydrogens (tertiary/aromatic N) is 3. The van der Waals surface area contributed by atoms with Gasteiger partial charge in [0.1, 0.15) is 23.4 Å². The van der Waals surface area contributed by atoms with Crippen molar-refractivity contribution in [1.29, 1.82) is 0 Å². The number of hydrogen-bond donors (Lipinski definition) is 1. The Morgan fingerprint density at radius 2 is 2.10 bits per heavy atom. The van der Waals surface area contributed by atoms with Crippen LogP contribution in [-0.2, 0) is 30.7 Å². The van der Waals surface area contributed by atoms with Crippen LogP contribution in [0.3, 0.4) is 0 Å². The summed E-state index contributed by atoms with van der Waals surface area (Å²) in [6, 6.07) is 8.00. The van der Waals surface area contributed by atoms with Gasteiger partial charge in [-0.2, -0.15) is 0 Å². The molecule has 7 heteroatoms. The molecule has 0 unspecified atom stereocenters. The molecule has 1 fully saturated rings. The zero-order chi connectivity index (χ0) is 19.8. The summed E-state index contributed by atoms with van der Waals surface area (Å²) < 4.78 is 8.24. The van der Waals surface area contributed by atoms with Crippen molar-refractivity contribution in [2.45, 2.75) is 51.3 Å². The minimum atomic E-state index is -0.341. The third-order valence-corrected chi connectivity index (χ3v) is 7.07. The molecule has 1 saturated heterocycles. The third-order valence-electron chi connectivity index (χ3n) is 5.93. The van der Waals surface area contributed by atoms with Crippen molar-refractivity contribution in [2.24, 2.45) is 5.73 Å². The van der Waals surface area contributed by atoms with Crippen LogP contribution >= 0.6 is 11.3 Å². The first-order valence-electron chi connectivity index (χ1n) is 10.4. The Kier molecular flexibility index (Phi) is 5.01. The van der Waals surface area contributed by atoms with Crippen molar-refractivity contribution in [2.75, 3.05) is 13.1 Å². The molecular weight excluding hydrogens is 384 g/mol. The maximum atomic E-state index is 11.3. The van der Waals surface area contributed by atoms with Gasteiger partial charge in [0, 0.05) is 29.5 Å². The van der Waals surface area contributed by atoms with E-state index in [-0.39, 0.29) is 18.6 Å². The van der Waals surface area contributed by atoms with Gasteiger partial charge in [-0.05, 0) is 50.3 Å². The lowest BCUT2D eigenvalue weighted by molar-refractivity contribution is -0.118. The number of aryl methyl sites for hydroxylation is 2. The van der Waals surface area contributed by atoms with Crippen molar-refractivity contribution in [3.8, 4) is 5.75 Å². The Hall–Kier alpha value is -2.38. The minimum Gasteiger partial charge on any atom is -0.490 e. The zero-order valence-corrected chi connectivity index (χ0v) is 17.3. The minimum absolute atomic E-state index is 0.186. The summed E-state index contributed by atoms with van der Waals surface area (Å²) in [5.41, 5.74) is 7.68. The first-order chi connectivity index (χ1) is 14.2. The molecule has 1 amide bonds. The molecule has 0 spiro atoms. The Morgan fingerprint density at radius 3 is 2.90 bits per heavy atom. The Balaban J connectivity index is 1.20. The molecule has 29 heavy (non-hydrogen) atoms. The molecule has 152 valence electrons. The normalized spacial score (nSPS) is 17.7. The lowest BCUT2D eigenvalue weighted by atomic mass is 10.1. The summed E-state index contributed by atoms with van der Waals surface area (Å²) in [5, 5.41) is 2.31. The smallest absolute Gasteiger partial charge is 0.237 e. The van der Waals surface area contributed by atoms with E-state index in [1.807, 2.05) is 46.4 Å². The number of ether oxygens (including phenoxy) is 1. The summed E-state index contributed by atoms with van der Waals surface area (Å²) in [6.07, 6.45) is 7.81. The predicted octanol–water partition coefficient (Wildman–Crippen LogP) is 3.12. The number of rotatable bonds is 6. The lowest BCUT2D eigenvalue weighted by Gasteiger charge is -2.31. The maximum Gasteiger partial charge on any atom is 0.237 e. The second-order valence-electron chi connectivity index (χ2n) is 8.02. The van der Waals surface area contributed by atoms with Gasteiger partial charge in [-0.3, -0.25) is 9.69 Å². The monoisotopic (exact) mass is 410 g/mol. The van der Waals surface area contributed by atoms with Gasteiger partial charge < -0.3 is 15.0 Å². The van der Waals surface area contributed by atoms with E-state index < -0.39 is 0 Å². The number of likely N-dealkylation sites (tertiary alicyclic amines) is 1. The van der Waals surface area contributed by atoms with Crippen LogP contribution in [0.15, 0.2) is 30.5 Å². The van der Waals surface area contributed by atoms with Gasteiger partial charge in [-0.1, -0.05) is 6.07 Å². The lowest BCUT2D eigenvalue weighted by Crippen LogP contribution is -2.37. The molecule has 2 aromatic heterocycles. The number of amides is 1. The first kappa shape index (κ1) is 18.6. The topological polar surface area (TPSA) is 73.4 Å². The molecule has 0 bridgehead atoms. The summed E-state index contributed by atoms with van der Waals surface area (Å²) in [7, 11) is 0. The molecule has 3 heterocycles. The summed E-state index contributed by atoms with van der Waals surface area (Å²) >= 11 is 1.91. The zero-order valence-electron chi connectivity index (χ0n) is 16.5. The van der Waals surface area contributed by atoms with Gasteiger partial charge in [-0.25, -0.2) is 4.98 Å². The van der Waals surface area contributed by atoms with E-state index in [2.05, 4.69) is 4.90 Å². The van der Waals surface area contributed by atoms with Crippen LogP contribution < -0.4 is 10.5 Å². The largest absolute Gasteiger partial charge is 0.490 e. The van der Waals surface area contributed by atoms with Crippen LogP contribution in [0, 0.1) is 0 Å². The predicted molar refractivity (Wildman–Crippen MR) is 114 cm³/mol. The highest BCUT2D eigenvalue weighted by atomic mass is 32.1. The van der Waals surface area contributed by atoms with E-state index in [1.165, 1.54) is 28.4 Å². The molecule has 2 N–H and O–H groups in total. The standard InChI is InChI=1S/C22H26N4O2S/c23-21(27)13-26-12-9-16-18(26)4-2-5-19(16)28-15-7-10-25(11-8-15)14-22-24-17-3-1-6-20(17)29-22/h2,4-5,9,12,15H,1,3,6-8,10-11,13-14H2,(H2,23,27). The van der Waals surface area contributed by atoms with E-state index in [0.29, 0.717) is 0 Å². The van der Waals surface area contributed by atoms with Crippen LogP contribution in [-0.4, -0.2) is 39.6 Å². The second kappa shape index (κ2) is 7.80. The molecular formula is C22H26N4O2S. The van der Waals surface area contributed by atoms with Crippen LogP contribution in [0.25, 0.3) is 10.9 Å². The fraction of sp³-hybridized carbons (Fsp3) is 0.455. The fourth-order valence-corrected chi connectivity index (χ4v) is 5.67. The highest BCUT2D eigenvalue weighted by Gasteiger charge is 2.23. The maximum absolute atomic E-state index is 11.3. The number of hydrogen-bond acceptors (Lipinski definition) is 5. The van der Waals surface area contributed by atoms with E-state index >= 15 is 0 Å². The number of benzene rings is 1. The highest BCUT2D eigenvalue weighted by molar-refractivity contribution is 7.11. The number of piperidine rings is 1. The average Bonchev–Trinajstić information content (AvgIpc) is 3.39. The van der Waals surface area contributed by atoms with E-state index in [1.54, 1.807) is 0 Å². The summed E-state index contributed by atoms with van der Waals surface area (Å²) in [5.74, 6) is 0.548. The summed E-state index contributed by atoms with van der Waals surface area (Å²) in [4.78, 5) is 20.1. The molecule has 1 aliphatic carbocycles. The first-order valence-corrected chi connectivity index (χ1v) is 11.2. The van der Waals surface area contributed by atoms with Crippen LogP contribution in [0.2, 0.25) is 0 Å². The number of primary amides is 1. The van der Waals surface area contributed by atoms with Gasteiger partial charge in [0.15, 0.2) is 0 Å². The van der Waals surface area contributed by atoms with Crippen LogP contribution in [0.1, 0.15) is 34.8 Å².